The molecule has 1 atom stereocenters. The van der Waals surface area contributed by atoms with Crippen molar-refractivity contribution in [3.8, 4) is 6.07 Å². The zero-order valence-electron chi connectivity index (χ0n) is 8.62. The highest BCUT2D eigenvalue weighted by molar-refractivity contribution is 5.47. The van der Waals surface area contributed by atoms with Crippen LogP contribution in [0.15, 0.2) is 0 Å². The van der Waals surface area contributed by atoms with Crippen molar-refractivity contribution in [1.29, 1.82) is 5.26 Å². The molecule has 92 valence electrons. The van der Waals surface area contributed by atoms with Gasteiger partial charge in [0.15, 0.2) is 23.3 Å². The normalized spacial score (nSPS) is 12.1. The van der Waals surface area contributed by atoms with Gasteiger partial charge < -0.3 is 5.32 Å². The third-order valence-corrected chi connectivity index (χ3v) is 2.02. The van der Waals surface area contributed by atoms with Crippen molar-refractivity contribution in [2.45, 2.75) is 6.92 Å². The van der Waals surface area contributed by atoms with Crippen LogP contribution < -0.4 is 5.32 Å². The Morgan fingerprint density at radius 2 is 1.41 bits per heavy atom. The van der Waals surface area contributed by atoms with Gasteiger partial charge in [-0.2, -0.15) is 5.26 Å². The first-order valence-electron chi connectivity index (χ1n) is 4.55. The molecule has 0 bridgehead atoms. The number of nitrogens with zero attached hydrogens (tertiary/aromatic N) is 1. The van der Waals surface area contributed by atoms with Gasteiger partial charge in [-0.05, 0) is 6.92 Å². The molecular formula is C10H7F5N2. The number of rotatable bonds is 3. The highest BCUT2D eigenvalue weighted by atomic mass is 19.2. The summed E-state index contributed by atoms with van der Waals surface area (Å²) in [6.45, 7) is 1.20. The molecule has 0 fully saturated rings. The molecule has 0 aromatic heterocycles. The van der Waals surface area contributed by atoms with E-state index in [4.69, 9.17) is 5.26 Å². The van der Waals surface area contributed by atoms with Gasteiger partial charge in [0.2, 0.25) is 5.82 Å². The molecule has 1 rings (SSSR count). The Morgan fingerprint density at radius 1 is 1.00 bits per heavy atom. The van der Waals surface area contributed by atoms with Crippen molar-refractivity contribution >= 4 is 5.69 Å². The van der Waals surface area contributed by atoms with E-state index in [1.54, 1.807) is 6.07 Å². The summed E-state index contributed by atoms with van der Waals surface area (Å²) >= 11 is 0. The lowest BCUT2D eigenvalue weighted by Gasteiger charge is -2.11. The molecule has 0 radical (unpaired) electrons. The molecule has 0 heterocycles. The number of nitriles is 1. The molecule has 1 N–H and O–H groups in total. The molecule has 0 spiro atoms. The topological polar surface area (TPSA) is 35.8 Å². The number of benzene rings is 1. The predicted molar refractivity (Wildman–Crippen MR) is 49.5 cm³/mol. The van der Waals surface area contributed by atoms with E-state index < -0.39 is 40.7 Å². The lowest BCUT2D eigenvalue weighted by molar-refractivity contribution is 0.381. The highest BCUT2D eigenvalue weighted by Gasteiger charge is 2.25. The summed E-state index contributed by atoms with van der Waals surface area (Å²) in [6.07, 6.45) is 0. The summed E-state index contributed by atoms with van der Waals surface area (Å²) in [6, 6.07) is 1.75. The minimum atomic E-state index is -2.21. The Balaban J connectivity index is 3.13. The smallest absolute Gasteiger partial charge is 0.200 e. The van der Waals surface area contributed by atoms with E-state index in [0.717, 1.165) is 0 Å². The maximum absolute atomic E-state index is 13.1. The van der Waals surface area contributed by atoms with E-state index in [1.807, 2.05) is 5.32 Å². The van der Waals surface area contributed by atoms with Gasteiger partial charge in [-0.3, -0.25) is 0 Å². The van der Waals surface area contributed by atoms with Crippen molar-refractivity contribution in [2.75, 3.05) is 11.9 Å². The lowest BCUT2D eigenvalue weighted by atomic mass is 10.2. The second-order valence-corrected chi connectivity index (χ2v) is 3.36. The van der Waals surface area contributed by atoms with Gasteiger partial charge in [-0.1, -0.05) is 0 Å². The fraction of sp³-hybridized carbons (Fsp3) is 0.300. The number of anilines is 1. The van der Waals surface area contributed by atoms with Crippen LogP contribution in [0.2, 0.25) is 0 Å². The molecule has 1 unspecified atom stereocenters. The van der Waals surface area contributed by atoms with Crippen LogP contribution in [-0.4, -0.2) is 6.54 Å². The summed E-state index contributed by atoms with van der Waals surface area (Å²) in [5, 5.41) is 10.4. The molecule has 0 amide bonds. The second-order valence-electron chi connectivity index (χ2n) is 3.36. The SMILES string of the molecule is CC(C#N)CNc1c(F)c(F)c(F)c(F)c1F. The van der Waals surface area contributed by atoms with Crippen molar-refractivity contribution in [2.24, 2.45) is 5.92 Å². The van der Waals surface area contributed by atoms with E-state index in [-0.39, 0.29) is 6.54 Å². The molecular weight excluding hydrogens is 243 g/mol. The van der Waals surface area contributed by atoms with Crippen LogP contribution in [0.4, 0.5) is 27.6 Å². The summed E-state index contributed by atoms with van der Waals surface area (Å²) < 4.78 is 64.3. The molecule has 1 aromatic rings. The van der Waals surface area contributed by atoms with Gasteiger partial charge >= 0.3 is 0 Å². The standard InChI is InChI=1S/C10H7F5N2/c1-4(2-16)3-17-10-8(14)6(12)5(11)7(13)9(10)15/h4,17H,3H2,1H3. The van der Waals surface area contributed by atoms with E-state index in [1.165, 1.54) is 6.92 Å². The maximum Gasteiger partial charge on any atom is 0.200 e. The molecule has 0 saturated carbocycles. The van der Waals surface area contributed by atoms with Crippen LogP contribution in [0.3, 0.4) is 0 Å². The van der Waals surface area contributed by atoms with Crippen LogP contribution in [-0.2, 0) is 0 Å². The fourth-order valence-corrected chi connectivity index (χ4v) is 1.06. The lowest BCUT2D eigenvalue weighted by Crippen LogP contribution is -2.14. The van der Waals surface area contributed by atoms with Crippen LogP contribution in [0.1, 0.15) is 6.92 Å². The van der Waals surface area contributed by atoms with Crippen LogP contribution in [0.25, 0.3) is 0 Å². The third-order valence-electron chi connectivity index (χ3n) is 2.02. The van der Waals surface area contributed by atoms with Crippen molar-refractivity contribution in [3.63, 3.8) is 0 Å². The average Bonchev–Trinajstić information content (AvgIpc) is 2.33. The van der Waals surface area contributed by atoms with Crippen molar-refractivity contribution in [1.82, 2.24) is 0 Å². The predicted octanol–water partition coefficient (Wildman–Crippen LogP) is 2.95. The van der Waals surface area contributed by atoms with E-state index in [9.17, 15) is 22.0 Å². The first-order valence-corrected chi connectivity index (χ1v) is 4.55. The van der Waals surface area contributed by atoms with Gasteiger partial charge in [0.05, 0.1) is 12.0 Å². The molecule has 0 saturated heterocycles. The number of nitrogens with one attached hydrogen (secondary N) is 1. The monoisotopic (exact) mass is 250 g/mol. The third kappa shape index (κ3) is 2.46. The van der Waals surface area contributed by atoms with Crippen molar-refractivity contribution in [3.05, 3.63) is 29.1 Å². The van der Waals surface area contributed by atoms with Crippen molar-refractivity contribution < 1.29 is 22.0 Å². The largest absolute Gasteiger partial charge is 0.379 e. The molecule has 7 heteroatoms. The molecule has 2 nitrogen and oxygen atoms in total. The molecule has 0 aliphatic carbocycles. The van der Waals surface area contributed by atoms with Gasteiger partial charge in [-0.15, -0.1) is 0 Å². The first kappa shape index (κ1) is 13.2. The summed E-state index contributed by atoms with van der Waals surface area (Å²) in [5.74, 6) is -10.8. The molecule has 1 aromatic carbocycles. The summed E-state index contributed by atoms with van der Waals surface area (Å²) in [5.41, 5.74) is -1.12. The highest BCUT2D eigenvalue weighted by Crippen LogP contribution is 2.27. The number of hydrogen-bond donors (Lipinski definition) is 1. The van der Waals surface area contributed by atoms with E-state index in [0.29, 0.717) is 0 Å². The summed E-state index contributed by atoms with van der Waals surface area (Å²) in [4.78, 5) is 0. The van der Waals surface area contributed by atoms with Gasteiger partial charge in [-0.25, -0.2) is 22.0 Å². The van der Waals surface area contributed by atoms with E-state index >= 15 is 0 Å². The molecule has 17 heavy (non-hydrogen) atoms. The Hall–Kier alpha value is -1.84. The average molecular weight is 250 g/mol. The molecule has 0 aliphatic heterocycles. The van der Waals surface area contributed by atoms with Gasteiger partial charge in [0, 0.05) is 6.54 Å². The first-order chi connectivity index (χ1) is 7.90. The van der Waals surface area contributed by atoms with Gasteiger partial charge in [0.25, 0.3) is 0 Å². The maximum atomic E-state index is 13.1. The fourth-order valence-electron chi connectivity index (χ4n) is 1.06. The number of halogens is 5. The van der Waals surface area contributed by atoms with Crippen LogP contribution in [0, 0.1) is 46.3 Å². The minimum absolute atomic E-state index is 0.227. The Bertz CT molecular complexity index is 452. The van der Waals surface area contributed by atoms with E-state index in [2.05, 4.69) is 0 Å². The second kappa shape index (κ2) is 4.99. The number of hydrogen-bond acceptors (Lipinski definition) is 2. The zero-order chi connectivity index (χ0) is 13.2. The summed E-state index contributed by atoms with van der Waals surface area (Å²) in [7, 11) is 0. The quantitative estimate of drug-likeness (QED) is 0.508. The zero-order valence-corrected chi connectivity index (χ0v) is 8.62. The molecule has 0 aliphatic rings. The Kier molecular flexibility index (Phi) is 3.89. The van der Waals surface area contributed by atoms with Crippen LogP contribution >= 0.6 is 0 Å². The Labute approximate surface area is 93.7 Å². The van der Waals surface area contributed by atoms with Crippen LogP contribution in [0.5, 0.6) is 0 Å². The minimum Gasteiger partial charge on any atom is -0.379 e. The Morgan fingerprint density at radius 3 is 1.82 bits per heavy atom. The van der Waals surface area contributed by atoms with Gasteiger partial charge in [0.1, 0.15) is 5.69 Å².